The van der Waals surface area contributed by atoms with E-state index in [-0.39, 0.29) is 0 Å². The topological polar surface area (TPSA) is 32.3 Å². The minimum absolute atomic E-state index is 0.534. The van der Waals surface area contributed by atoms with Crippen LogP contribution in [0.1, 0.15) is 44.9 Å². The fraction of sp³-hybridized carbons (Fsp3) is 0.684. The van der Waals surface area contributed by atoms with Gasteiger partial charge in [0, 0.05) is 31.4 Å². The van der Waals surface area contributed by atoms with E-state index in [0.29, 0.717) is 12.0 Å². The molecule has 1 saturated heterocycles. The number of hydrogen-bond acceptors (Lipinski definition) is 4. The Bertz CT molecular complexity index is 563. The minimum atomic E-state index is 0.534. The number of halogens is 1. The number of anilines is 1. The monoisotopic (exact) mass is 390 g/mol. The van der Waals surface area contributed by atoms with Crippen LogP contribution in [0.3, 0.4) is 0 Å². The maximum absolute atomic E-state index is 4.41. The lowest BCUT2D eigenvalue weighted by atomic mass is 9.86. The van der Waals surface area contributed by atoms with E-state index in [1.165, 1.54) is 58.0 Å². The maximum atomic E-state index is 4.41. The molecule has 0 spiro atoms. The fourth-order valence-electron chi connectivity index (χ4n) is 3.68. The fourth-order valence-corrected chi connectivity index (χ4v) is 3.88. The molecule has 2 fully saturated rings. The summed E-state index contributed by atoms with van der Waals surface area (Å²) in [6.45, 7) is 3.44. The average molecular weight is 391 g/mol. The van der Waals surface area contributed by atoms with E-state index < -0.39 is 0 Å². The van der Waals surface area contributed by atoms with E-state index >= 15 is 0 Å². The summed E-state index contributed by atoms with van der Waals surface area (Å²) in [6, 6.07) is 0.534. The lowest BCUT2D eigenvalue weighted by Gasteiger charge is -2.33. The zero-order valence-corrected chi connectivity index (χ0v) is 16.1. The van der Waals surface area contributed by atoms with E-state index in [4.69, 9.17) is 0 Å². The van der Waals surface area contributed by atoms with Gasteiger partial charge in [-0.25, -0.2) is 9.97 Å². The van der Waals surface area contributed by atoms with Gasteiger partial charge in [0.15, 0.2) is 0 Å². The number of nitrogens with zero attached hydrogens (tertiary/aromatic N) is 4. The van der Waals surface area contributed by atoms with Crippen LogP contribution >= 0.6 is 15.9 Å². The largest absolute Gasteiger partial charge is 0.341 e. The lowest BCUT2D eigenvalue weighted by molar-refractivity contribution is 0.255. The molecule has 5 heteroatoms. The predicted molar refractivity (Wildman–Crippen MR) is 102 cm³/mol. The molecule has 1 aliphatic heterocycles. The van der Waals surface area contributed by atoms with Gasteiger partial charge >= 0.3 is 0 Å². The van der Waals surface area contributed by atoms with Crippen LogP contribution < -0.4 is 4.90 Å². The molecule has 4 nitrogen and oxygen atoms in total. The molecule has 2 heterocycles. The van der Waals surface area contributed by atoms with Gasteiger partial charge in [-0.05, 0) is 67.5 Å². The van der Waals surface area contributed by atoms with Crippen molar-refractivity contribution in [3.63, 3.8) is 0 Å². The van der Waals surface area contributed by atoms with E-state index in [2.05, 4.69) is 54.6 Å². The SMILES string of the molecule is CN(c1ncc(Br)cn1)C1CCC(C#CCN2CCCCC2)CC1. The first-order valence-electron chi connectivity index (χ1n) is 9.13. The zero-order valence-electron chi connectivity index (χ0n) is 14.5. The molecule has 24 heavy (non-hydrogen) atoms. The van der Waals surface area contributed by atoms with E-state index in [9.17, 15) is 0 Å². The Morgan fingerprint density at radius 1 is 1.12 bits per heavy atom. The van der Waals surface area contributed by atoms with Crippen LogP contribution in [0.5, 0.6) is 0 Å². The van der Waals surface area contributed by atoms with Gasteiger partial charge in [-0.2, -0.15) is 0 Å². The third-order valence-corrected chi connectivity index (χ3v) is 5.63. The first-order chi connectivity index (χ1) is 11.7. The molecule has 3 rings (SSSR count). The summed E-state index contributed by atoms with van der Waals surface area (Å²) in [7, 11) is 2.11. The Morgan fingerprint density at radius 3 is 2.46 bits per heavy atom. The molecule has 0 N–H and O–H groups in total. The van der Waals surface area contributed by atoms with Crippen LogP contribution in [0.15, 0.2) is 16.9 Å². The second kappa shape index (κ2) is 8.82. The second-order valence-corrected chi connectivity index (χ2v) is 7.89. The molecule has 0 unspecified atom stereocenters. The number of hydrogen-bond donors (Lipinski definition) is 0. The molecular formula is C19H27BrN4. The highest BCUT2D eigenvalue weighted by Gasteiger charge is 2.24. The summed E-state index contributed by atoms with van der Waals surface area (Å²) in [5.74, 6) is 8.36. The van der Waals surface area contributed by atoms with Gasteiger partial charge in [0.05, 0.1) is 11.0 Å². The molecule has 130 valence electrons. The van der Waals surface area contributed by atoms with Crippen molar-refractivity contribution in [3.05, 3.63) is 16.9 Å². The lowest BCUT2D eigenvalue weighted by Crippen LogP contribution is -2.36. The summed E-state index contributed by atoms with van der Waals surface area (Å²) in [4.78, 5) is 13.5. The second-order valence-electron chi connectivity index (χ2n) is 6.98. The first-order valence-corrected chi connectivity index (χ1v) is 9.93. The Labute approximate surface area is 154 Å². The molecule has 1 aromatic heterocycles. The van der Waals surface area contributed by atoms with Crippen LogP contribution in [0, 0.1) is 17.8 Å². The summed E-state index contributed by atoms with van der Waals surface area (Å²) >= 11 is 3.39. The van der Waals surface area contributed by atoms with Crippen LogP contribution in [0.4, 0.5) is 5.95 Å². The molecule has 1 saturated carbocycles. The van der Waals surface area contributed by atoms with Crippen molar-refractivity contribution in [2.45, 2.75) is 51.0 Å². The number of aromatic nitrogens is 2. The van der Waals surface area contributed by atoms with Gasteiger partial charge in [0.25, 0.3) is 0 Å². The van der Waals surface area contributed by atoms with Crippen LogP contribution in [-0.2, 0) is 0 Å². The van der Waals surface area contributed by atoms with Gasteiger partial charge in [-0.15, -0.1) is 0 Å². The molecule has 1 aliphatic carbocycles. The number of likely N-dealkylation sites (tertiary alicyclic amines) is 1. The van der Waals surface area contributed by atoms with Crippen molar-refractivity contribution in [2.75, 3.05) is 31.6 Å². The van der Waals surface area contributed by atoms with Gasteiger partial charge in [0.1, 0.15) is 0 Å². The minimum Gasteiger partial charge on any atom is -0.341 e. The highest BCUT2D eigenvalue weighted by molar-refractivity contribution is 9.10. The Balaban J connectivity index is 1.44. The molecular weight excluding hydrogens is 364 g/mol. The molecule has 1 aromatic rings. The number of rotatable bonds is 3. The normalized spacial score (nSPS) is 24.9. The quantitative estimate of drug-likeness (QED) is 0.736. The Morgan fingerprint density at radius 2 is 1.79 bits per heavy atom. The van der Waals surface area contributed by atoms with Crippen molar-refractivity contribution in [1.82, 2.24) is 14.9 Å². The molecule has 0 atom stereocenters. The molecule has 0 bridgehead atoms. The predicted octanol–water partition coefficient (Wildman–Crippen LogP) is 3.72. The highest BCUT2D eigenvalue weighted by atomic mass is 79.9. The highest BCUT2D eigenvalue weighted by Crippen LogP contribution is 2.28. The average Bonchev–Trinajstić information content (AvgIpc) is 2.63. The smallest absolute Gasteiger partial charge is 0.225 e. The van der Waals surface area contributed by atoms with E-state index in [1.807, 2.05) is 12.4 Å². The molecule has 2 aliphatic rings. The van der Waals surface area contributed by atoms with Gasteiger partial charge in [-0.3, -0.25) is 4.90 Å². The van der Waals surface area contributed by atoms with Crippen molar-refractivity contribution in [1.29, 1.82) is 0 Å². The van der Waals surface area contributed by atoms with Crippen molar-refractivity contribution < 1.29 is 0 Å². The van der Waals surface area contributed by atoms with E-state index in [0.717, 1.165) is 17.0 Å². The number of piperidine rings is 1. The maximum Gasteiger partial charge on any atom is 0.225 e. The van der Waals surface area contributed by atoms with Crippen LogP contribution in [0.25, 0.3) is 0 Å². The molecule has 0 radical (unpaired) electrons. The third-order valence-electron chi connectivity index (χ3n) is 5.22. The Hall–Kier alpha value is -1.12. The summed E-state index contributed by atoms with van der Waals surface area (Å²) in [5.41, 5.74) is 0. The van der Waals surface area contributed by atoms with Crippen molar-refractivity contribution in [3.8, 4) is 11.8 Å². The van der Waals surface area contributed by atoms with Gasteiger partial charge in [-0.1, -0.05) is 18.3 Å². The zero-order chi connectivity index (χ0) is 16.8. The molecule has 0 aromatic carbocycles. The van der Waals surface area contributed by atoms with Crippen molar-refractivity contribution >= 4 is 21.9 Å². The Kier molecular flexibility index (Phi) is 6.51. The summed E-state index contributed by atoms with van der Waals surface area (Å²) < 4.78 is 0.923. The first kappa shape index (κ1) is 17.7. The van der Waals surface area contributed by atoms with Crippen LogP contribution in [0.2, 0.25) is 0 Å². The van der Waals surface area contributed by atoms with Gasteiger partial charge in [0.2, 0.25) is 5.95 Å². The standard InChI is InChI=1S/C19H27BrN4/c1-23(19-21-14-17(20)15-22-19)18-9-7-16(8-10-18)6-5-13-24-11-3-2-4-12-24/h14-16,18H,2-4,7-13H2,1H3. The summed E-state index contributed by atoms with van der Waals surface area (Å²) in [5, 5.41) is 0. The third kappa shape index (κ3) is 4.94. The van der Waals surface area contributed by atoms with Crippen LogP contribution in [-0.4, -0.2) is 47.6 Å². The van der Waals surface area contributed by atoms with Crippen molar-refractivity contribution in [2.24, 2.45) is 5.92 Å². The van der Waals surface area contributed by atoms with E-state index in [1.54, 1.807) is 0 Å². The molecule has 0 amide bonds. The van der Waals surface area contributed by atoms with Gasteiger partial charge < -0.3 is 4.90 Å². The summed E-state index contributed by atoms with van der Waals surface area (Å²) in [6.07, 6.45) is 12.5.